The highest BCUT2D eigenvalue weighted by Gasteiger charge is 2.44. The second-order valence-electron chi connectivity index (χ2n) is 20.7. The molecule has 4 amide bonds. The molecular weight excluding hydrogens is 1120 g/mol. The van der Waals surface area contributed by atoms with E-state index in [1.807, 2.05) is 18.2 Å². The maximum Gasteiger partial charge on any atom is 0.408 e. The molecule has 1 rings (SSSR count). The number of carbonyl (C=O) groups is 6. The van der Waals surface area contributed by atoms with Crippen molar-refractivity contribution >= 4 is 35.8 Å². The Bertz CT molecular complexity index is 1790. The predicted octanol–water partition coefficient (Wildman–Crippen LogP) is 6.94. The van der Waals surface area contributed by atoms with Crippen LogP contribution in [0.3, 0.4) is 0 Å². The lowest BCUT2D eigenvalue weighted by Gasteiger charge is -2.28. The molecule has 1 aromatic rings. The zero-order valence-corrected chi connectivity index (χ0v) is 52.0. The number of alkyl carbamates (subject to hydrolysis) is 1. The van der Waals surface area contributed by atoms with Gasteiger partial charge in [0.2, 0.25) is 17.7 Å². The van der Waals surface area contributed by atoms with Crippen LogP contribution in [0.15, 0.2) is 30.3 Å². The number of carboxylic acids is 2. The van der Waals surface area contributed by atoms with Gasteiger partial charge in [0.05, 0.1) is 145 Å². The van der Waals surface area contributed by atoms with E-state index in [4.69, 9.17) is 67.7 Å². The summed E-state index contributed by atoms with van der Waals surface area (Å²) in [6.45, 7) is 11.2. The number of amides is 4. The summed E-state index contributed by atoms with van der Waals surface area (Å²) in [6.07, 6.45) is 17.1. The van der Waals surface area contributed by atoms with E-state index in [2.05, 4.69) is 22.9 Å². The van der Waals surface area contributed by atoms with Crippen LogP contribution in [0.1, 0.15) is 154 Å². The van der Waals surface area contributed by atoms with Crippen molar-refractivity contribution in [2.75, 3.05) is 158 Å². The number of nitrogens with one attached hydrogen (secondary N) is 3. The van der Waals surface area contributed by atoms with Crippen molar-refractivity contribution in [3.8, 4) is 0 Å². The fourth-order valence-electron chi connectivity index (χ4n) is 8.70. The van der Waals surface area contributed by atoms with E-state index >= 15 is 0 Å². The maximum atomic E-state index is 13.5. The van der Waals surface area contributed by atoms with E-state index in [1.165, 1.54) is 32.1 Å². The number of carboxylic acid groups (broad SMARTS) is 2. The van der Waals surface area contributed by atoms with Crippen molar-refractivity contribution in [3.05, 3.63) is 35.9 Å². The summed E-state index contributed by atoms with van der Waals surface area (Å²) in [6, 6.07) is 8.10. The van der Waals surface area contributed by atoms with E-state index in [1.54, 1.807) is 12.1 Å². The van der Waals surface area contributed by atoms with Crippen molar-refractivity contribution in [1.29, 1.82) is 0 Å². The van der Waals surface area contributed by atoms with Gasteiger partial charge in [0.25, 0.3) is 0 Å². The van der Waals surface area contributed by atoms with E-state index < -0.39 is 47.2 Å². The number of hydrogen-bond acceptors (Lipinski definition) is 18. The fraction of sp³-hybridized carbons (Fsp3) is 0.806. The third kappa shape index (κ3) is 49.4. The van der Waals surface area contributed by atoms with Gasteiger partial charge in [-0.2, -0.15) is 0 Å². The normalized spacial score (nSPS) is 12.4. The summed E-state index contributed by atoms with van der Waals surface area (Å²) in [5.74, 6) is -3.33. The Morgan fingerprint density at radius 1 is 0.453 bits per heavy atom. The zero-order valence-electron chi connectivity index (χ0n) is 52.0. The number of unbranched alkanes of at least 4 members (excludes halogenated alkanes) is 15. The van der Waals surface area contributed by atoms with E-state index in [0.717, 1.165) is 63.4 Å². The second kappa shape index (κ2) is 59.4. The number of carbonyl (C=O) groups excluding carboxylic acids is 4. The standard InChI is InChI=1S/C62H110N4O20/c1-2-3-4-5-6-8-11-14-20-27-62(60(72)73,28-21-15-12-9-7-10-13-19-24-57(68)69)59(71)65-30-32-76-34-36-78-38-40-80-42-44-82-46-48-84-50-52-85-51-49-83-47-45-81-43-41-79-39-37-77-35-33-75-31-29-64-58(70)55(25-26-56(63)67)66-61(74)86-53-54-22-17-16-18-23-54/h16-18,22-23,55H,2-15,19-21,24-53H2,1H3,(H2,63,67)(H,64,70)(H,65,71)(H,66,74)(H,68,69)(H,72,73). The molecule has 24 nitrogen and oxygen atoms in total. The van der Waals surface area contributed by atoms with Gasteiger partial charge in [-0.1, -0.05) is 140 Å². The minimum atomic E-state index is -1.46. The topological polar surface area (TPSA) is 316 Å². The SMILES string of the molecule is CCCCCCCCCCCC(CCCCCCCCCCC(=O)O)(C(=O)O)C(=O)NCCOCCOCCOCCOCCOCCOCCOCCOCCOCCOCCOCCNC(=O)C(CCC(N)=O)NC(=O)OCc1ccccc1. The van der Waals surface area contributed by atoms with Crippen molar-refractivity contribution in [2.24, 2.45) is 11.1 Å². The fourth-order valence-corrected chi connectivity index (χ4v) is 8.70. The maximum absolute atomic E-state index is 13.5. The average Bonchev–Trinajstić information content (AvgIpc) is 3.59. The quantitative estimate of drug-likeness (QED) is 0.0284. The van der Waals surface area contributed by atoms with Gasteiger partial charge < -0.3 is 88.7 Å². The number of aliphatic carboxylic acids is 2. The molecule has 0 bridgehead atoms. The Balaban J connectivity index is 1.95. The molecule has 0 spiro atoms. The lowest BCUT2D eigenvalue weighted by Crippen LogP contribution is -2.48. The molecule has 0 saturated heterocycles. The monoisotopic (exact) mass is 1230 g/mol. The van der Waals surface area contributed by atoms with Crippen LogP contribution in [0.2, 0.25) is 0 Å². The molecule has 0 saturated carbocycles. The lowest BCUT2D eigenvalue weighted by atomic mass is 9.76. The van der Waals surface area contributed by atoms with Crippen LogP contribution < -0.4 is 21.7 Å². The minimum absolute atomic E-state index is 0.0267. The molecule has 0 heterocycles. The van der Waals surface area contributed by atoms with Crippen LogP contribution in [0.25, 0.3) is 0 Å². The van der Waals surface area contributed by atoms with Crippen LogP contribution in [-0.2, 0) is 87.4 Å². The smallest absolute Gasteiger partial charge is 0.408 e. The molecule has 7 N–H and O–H groups in total. The number of ether oxygens (including phenoxy) is 12. The van der Waals surface area contributed by atoms with Gasteiger partial charge in [-0.3, -0.25) is 24.0 Å². The Morgan fingerprint density at radius 3 is 1.16 bits per heavy atom. The van der Waals surface area contributed by atoms with E-state index in [-0.39, 0.29) is 52.2 Å². The first-order chi connectivity index (χ1) is 42.0. The van der Waals surface area contributed by atoms with Crippen LogP contribution in [0, 0.1) is 5.41 Å². The molecule has 0 aliphatic rings. The molecule has 0 aromatic heterocycles. The number of primary amides is 1. The van der Waals surface area contributed by atoms with E-state index in [9.17, 15) is 33.9 Å². The van der Waals surface area contributed by atoms with Gasteiger partial charge in [-0.25, -0.2) is 4.79 Å². The lowest BCUT2D eigenvalue weighted by molar-refractivity contribution is -0.157. The Morgan fingerprint density at radius 2 is 0.802 bits per heavy atom. The Hall–Kier alpha value is -4.60. The Labute approximate surface area is 512 Å². The number of rotatable bonds is 66. The molecule has 2 atom stereocenters. The third-order valence-corrected chi connectivity index (χ3v) is 13.6. The van der Waals surface area contributed by atoms with Gasteiger partial charge in [0.15, 0.2) is 0 Å². The van der Waals surface area contributed by atoms with Crippen molar-refractivity contribution < 1.29 is 95.8 Å². The number of benzene rings is 1. The van der Waals surface area contributed by atoms with Gasteiger partial charge in [0.1, 0.15) is 18.1 Å². The summed E-state index contributed by atoms with van der Waals surface area (Å²) in [5.41, 5.74) is 4.57. The molecule has 24 heteroatoms. The van der Waals surface area contributed by atoms with E-state index in [0.29, 0.717) is 164 Å². The largest absolute Gasteiger partial charge is 0.481 e. The molecule has 2 unspecified atom stereocenters. The second-order valence-corrected chi connectivity index (χ2v) is 20.7. The summed E-state index contributed by atoms with van der Waals surface area (Å²) in [5, 5.41) is 27.3. The van der Waals surface area contributed by atoms with Crippen LogP contribution in [0.5, 0.6) is 0 Å². The first-order valence-corrected chi connectivity index (χ1v) is 31.6. The molecule has 0 aliphatic carbocycles. The third-order valence-electron chi connectivity index (χ3n) is 13.6. The van der Waals surface area contributed by atoms with Gasteiger partial charge in [0, 0.05) is 25.9 Å². The first-order valence-electron chi connectivity index (χ1n) is 31.6. The zero-order chi connectivity index (χ0) is 62.5. The first kappa shape index (κ1) is 79.4. The Kier molecular flexibility index (Phi) is 54.8. The molecule has 0 radical (unpaired) electrons. The van der Waals surface area contributed by atoms with Gasteiger partial charge in [-0.05, 0) is 31.2 Å². The van der Waals surface area contributed by atoms with Crippen molar-refractivity contribution in [3.63, 3.8) is 0 Å². The van der Waals surface area contributed by atoms with Crippen molar-refractivity contribution in [2.45, 2.75) is 161 Å². The molecule has 0 aliphatic heterocycles. The molecule has 0 fully saturated rings. The summed E-state index contributed by atoms with van der Waals surface area (Å²) >= 11 is 0. The van der Waals surface area contributed by atoms with Gasteiger partial charge >= 0.3 is 18.0 Å². The molecule has 1 aromatic carbocycles. The number of hydrogen-bond donors (Lipinski definition) is 6. The summed E-state index contributed by atoms with van der Waals surface area (Å²) in [4.78, 5) is 73.2. The predicted molar refractivity (Wildman–Crippen MR) is 323 cm³/mol. The molecule has 86 heavy (non-hydrogen) atoms. The highest BCUT2D eigenvalue weighted by molar-refractivity contribution is 6.01. The summed E-state index contributed by atoms with van der Waals surface area (Å²) in [7, 11) is 0. The average molecular weight is 1230 g/mol. The number of nitrogens with two attached hydrogens (primary N) is 1. The highest BCUT2D eigenvalue weighted by atomic mass is 16.6. The molecule has 498 valence electrons. The van der Waals surface area contributed by atoms with Crippen molar-refractivity contribution in [1.82, 2.24) is 16.0 Å². The minimum Gasteiger partial charge on any atom is -0.481 e. The highest BCUT2D eigenvalue weighted by Crippen LogP contribution is 2.33. The van der Waals surface area contributed by atoms with Crippen LogP contribution in [0.4, 0.5) is 4.79 Å². The van der Waals surface area contributed by atoms with Crippen LogP contribution >= 0.6 is 0 Å². The van der Waals surface area contributed by atoms with Crippen LogP contribution in [-0.4, -0.2) is 210 Å². The summed E-state index contributed by atoms with van der Waals surface area (Å²) < 4.78 is 66.1. The molecular formula is C62H110N4O20. The van der Waals surface area contributed by atoms with Gasteiger partial charge in [-0.15, -0.1) is 0 Å².